The van der Waals surface area contributed by atoms with Crippen molar-refractivity contribution in [2.75, 3.05) is 0 Å². The van der Waals surface area contributed by atoms with Gasteiger partial charge >= 0.3 is 29.8 Å². The summed E-state index contributed by atoms with van der Waals surface area (Å²) in [6.07, 6.45) is 4.52. The third-order valence-corrected chi connectivity index (χ3v) is 9.35. The van der Waals surface area contributed by atoms with E-state index in [1.807, 2.05) is 0 Å². The van der Waals surface area contributed by atoms with E-state index in [1.54, 1.807) is 0 Å². The zero-order valence-electron chi connectivity index (χ0n) is 32.1. The second-order valence-corrected chi connectivity index (χ2v) is 13.8. The molecule has 328 valence electrons. The highest BCUT2D eigenvalue weighted by Crippen LogP contribution is 2.43. The lowest BCUT2D eigenvalue weighted by Gasteiger charge is -2.16. The van der Waals surface area contributed by atoms with Gasteiger partial charge in [0.2, 0.25) is 23.0 Å². The Morgan fingerprint density at radius 3 is 0.857 bits per heavy atom. The second-order valence-electron chi connectivity index (χ2n) is 13.8. The van der Waals surface area contributed by atoms with Crippen molar-refractivity contribution in [2.45, 2.75) is 44.6 Å². The van der Waals surface area contributed by atoms with Crippen LogP contribution in [0.3, 0.4) is 0 Å². The monoisotopic (exact) mass is 874 g/mol. The van der Waals surface area contributed by atoms with Crippen LogP contribution >= 0.6 is 0 Å². The number of carbonyl (C=O) groups excluding carboxylic acids is 5. The molecule has 0 saturated heterocycles. The van der Waals surface area contributed by atoms with Crippen molar-refractivity contribution in [3.63, 3.8) is 0 Å². The Kier molecular flexibility index (Phi) is 12.4. The molecule has 1 fully saturated rings. The highest BCUT2D eigenvalue weighted by molar-refractivity contribution is 5.98. The Hall–Kier alpha value is -8.75. The molecule has 0 radical (unpaired) electrons. The molecule has 5 aromatic carbocycles. The molecule has 6 rings (SSSR count). The van der Waals surface area contributed by atoms with E-state index in [4.69, 9.17) is 23.7 Å². The van der Waals surface area contributed by atoms with Gasteiger partial charge in [-0.25, -0.2) is 24.0 Å². The molecule has 0 aromatic heterocycles. The molecule has 1 aliphatic rings. The molecule has 0 heterocycles. The fraction of sp³-hybridized carbons (Fsp3) is 0.167. The van der Waals surface area contributed by atoms with E-state index in [1.165, 1.54) is 0 Å². The predicted octanol–water partition coefficient (Wildman–Crippen LogP) is 5.20. The smallest absolute Gasteiger partial charge is 0.343 e. The molecule has 63 heavy (non-hydrogen) atoms. The van der Waals surface area contributed by atoms with Crippen molar-refractivity contribution < 1.29 is 104 Å². The number of hydrogen-bond donors (Lipinski definition) is 11. The first-order chi connectivity index (χ1) is 29.8. The van der Waals surface area contributed by atoms with Gasteiger partial charge in [-0.05, 0) is 86.3 Å². The summed E-state index contributed by atoms with van der Waals surface area (Å²) in [4.78, 5) is 65.1. The summed E-state index contributed by atoms with van der Waals surface area (Å²) in [6, 6.07) is 7.16. The number of carbonyl (C=O) groups is 5. The third kappa shape index (κ3) is 9.67. The minimum absolute atomic E-state index is 0.272. The SMILES string of the molecule is O=C(Oc1cc(C(=O)Oc2cc(C(=O)Oc3cc(C(=O)Oc4cc(C(=O)OC5CCCCCC5)cc(O)c4O)cc(O)c3O)cc(O)c2O)cc(O)c1O)c1cc(O)c(O)c(O)c1. The van der Waals surface area contributed by atoms with Crippen LogP contribution in [-0.4, -0.2) is 92.1 Å². The molecule has 0 amide bonds. The van der Waals surface area contributed by atoms with Crippen LogP contribution in [0, 0.1) is 0 Å². The van der Waals surface area contributed by atoms with Gasteiger partial charge in [0.25, 0.3) is 0 Å². The Bertz CT molecular complexity index is 2650. The van der Waals surface area contributed by atoms with Crippen LogP contribution < -0.4 is 18.9 Å². The third-order valence-electron chi connectivity index (χ3n) is 9.35. The van der Waals surface area contributed by atoms with Gasteiger partial charge in [0.1, 0.15) is 6.10 Å². The number of aromatic hydroxyl groups is 11. The minimum atomic E-state index is -1.48. The Labute approximate surface area is 352 Å². The van der Waals surface area contributed by atoms with E-state index in [-0.39, 0.29) is 11.7 Å². The van der Waals surface area contributed by atoms with Crippen molar-refractivity contribution in [1.82, 2.24) is 0 Å². The summed E-state index contributed by atoms with van der Waals surface area (Å²) in [5.74, 6) is -21.0. The van der Waals surface area contributed by atoms with Crippen LogP contribution in [0.15, 0.2) is 60.7 Å². The fourth-order valence-electron chi connectivity index (χ4n) is 6.09. The van der Waals surface area contributed by atoms with Gasteiger partial charge in [0, 0.05) is 0 Å². The van der Waals surface area contributed by atoms with E-state index in [0.29, 0.717) is 61.4 Å². The zero-order chi connectivity index (χ0) is 45.9. The molecular formula is C42H34O21. The lowest BCUT2D eigenvalue weighted by atomic mass is 10.1. The first-order valence-electron chi connectivity index (χ1n) is 18.4. The van der Waals surface area contributed by atoms with Gasteiger partial charge in [-0.1, -0.05) is 12.8 Å². The molecule has 1 aliphatic carbocycles. The van der Waals surface area contributed by atoms with Gasteiger partial charge in [-0.15, -0.1) is 0 Å². The molecule has 1 saturated carbocycles. The first-order valence-corrected chi connectivity index (χ1v) is 18.4. The molecule has 5 aromatic rings. The average Bonchev–Trinajstić information content (AvgIpc) is 3.51. The molecular weight excluding hydrogens is 840 g/mol. The van der Waals surface area contributed by atoms with Crippen LogP contribution in [0.2, 0.25) is 0 Å². The summed E-state index contributed by atoms with van der Waals surface area (Å²) in [7, 11) is 0. The molecule has 0 atom stereocenters. The van der Waals surface area contributed by atoms with Crippen LogP contribution in [-0.2, 0) is 4.74 Å². The van der Waals surface area contributed by atoms with Gasteiger partial charge in [-0.3, -0.25) is 0 Å². The molecule has 21 nitrogen and oxygen atoms in total. The van der Waals surface area contributed by atoms with Gasteiger partial charge < -0.3 is 79.9 Å². The average molecular weight is 875 g/mol. The van der Waals surface area contributed by atoms with Crippen LogP contribution in [0.4, 0.5) is 0 Å². The first kappa shape index (κ1) is 43.8. The number of ether oxygens (including phenoxy) is 5. The summed E-state index contributed by atoms with van der Waals surface area (Å²) in [6.45, 7) is 0. The van der Waals surface area contributed by atoms with Crippen LogP contribution in [0.1, 0.15) is 90.3 Å². The lowest BCUT2D eigenvalue weighted by Crippen LogP contribution is -2.18. The topological polar surface area (TPSA) is 354 Å². The van der Waals surface area contributed by atoms with Gasteiger partial charge in [0.05, 0.1) is 27.8 Å². The molecule has 0 spiro atoms. The Morgan fingerprint density at radius 2 is 0.571 bits per heavy atom. The zero-order valence-corrected chi connectivity index (χ0v) is 32.1. The van der Waals surface area contributed by atoms with E-state index >= 15 is 0 Å². The van der Waals surface area contributed by atoms with Crippen LogP contribution in [0.5, 0.6) is 86.2 Å². The predicted molar refractivity (Wildman–Crippen MR) is 207 cm³/mol. The van der Waals surface area contributed by atoms with E-state index in [9.17, 15) is 80.1 Å². The fourth-order valence-corrected chi connectivity index (χ4v) is 6.09. The summed E-state index contributed by atoms with van der Waals surface area (Å²) in [5.41, 5.74) is -2.82. The summed E-state index contributed by atoms with van der Waals surface area (Å²) in [5, 5.41) is 112. The lowest BCUT2D eigenvalue weighted by molar-refractivity contribution is 0.0265. The highest BCUT2D eigenvalue weighted by atomic mass is 16.6. The van der Waals surface area contributed by atoms with E-state index in [2.05, 4.69) is 0 Å². The van der Waals surface area contributed by atoms with Gasteiger partial charge in [0.15, 0.2) is 63.2 Å². The number of rotatable bonds is 10. The quantitative estimate of drug-likeness (QED) is 0.0371. The second kappa shape index (κ2) is 17.8. The van der Waals surface area contributed by atoms with Crippen molar-refractivity contribution in [3.05, 3.63) is 88.5 Å². The van der Waals surface area contributed by atoms with Crippen molar-refractivity contribution in [3.8, 4) is 86.2 Å². The molecule has 0 unspecified atom stereocenters. The van der Waals surface area contributed by atoms with Crippen molar-refractivity contribution >= 4 is 29.8 Å². The Morgan fingerprint density at radius 1 is 0.333 bits per heavy atom. The van der Waals surface area contributed by atoms with Crippen LogP contribution in [0.25, 0.3) is 0 Å². The summed E-state index contributed by atoms with van der Waals surface area (Å²) < 4.78 is 25.8. The number of benzene rings is 5. The minimum Gasteiger partial charge on any atom is -0.504 e. The molecule has 21 heteroatoms. The number of phenols is 11. The molecule has 11 N–H and O–H groups in total. The van der Waals surface area contributed by atoms with E-state index in [0.717, 1.165) is 37.8 Å². The maximum absolute atomic E-state index is 13.3. The Balaban J connectivity index is 1.19. The summed E-state index contributed by atoms with van der Waals surface area (Å²) >= 11 is 0. The normalized spacial score (nSPS) is 12.7. The highest BCUT2D eigenvalue weighted by Gasteiger charge is 2.27. The van der Waals surface area contributed by atoms with Crippen molar-refractivity contribution in [2.24, 2.45) is 0 Å². The van der Waals surface area contributed by atoms with Crippen molar-refractivity contribution in [1.29, 1.82) is 0 Å². The number of phenolic OH excluding ortho intramolecular Hbond substituents is 11. The number of hydrogen-bond acceptors (Lipinski definition) is 21. The number of esters is 5. The maximum Gasteiger partial charge on any atom is 0.343 e. The maximum atomic E-state index is 13.3. The standard InChI is InChI=1S/C42H34O21/c43-23-7-17(8-24(44)33(23)49)39(55)60-30-14-19(10-26(46)35(30)51)41(57)62-32-16-21(12-28(48)37(32)53)42(58)63-31-15-20(11-27(47)36(31)52)40(56)61-29-13-18(9-25(45)34(29)50)38(54)59-22-5-3-1-2-4-6-22/h7-16,22,43-53H,1-6H2. The largest absolute Gasteiger partial charge is 0.504 e. The molecule has 0 bridgehead atoms. The van der Waals surface area contributed by atoms with Gasteiger partial charge in [-0.2, -0.15) is 0 Å². The molecule has 0 aliphatic heterocycles. The van der Waals surface area contributed by atoms with E-state index < -0.39 is 138 Å².